The van der Waals surface area contributed by atoms with Crippen LogP contribution in [0.2, 0.25) is 0 Å². The van der Waals surface area contributed by atoms with Crippen molar-refractivity contribution in [2.24, 2.45) is 11.3 Å². The number of rotatable bonds is 3. The third-order valence-corrected chi connectivity index (χ3v) is 6.34. The summed E-state index contributed by atoms with van der Waals surface area (Å²) in [7, 11) is 0. The number of carboxylic acid groups (broad SMARTS) is 1. The summed E-state index contributed by atoms with van der Waals surface area (Å²) in [6.07, 6.45) is 1.63. The molecule has 2 aliphatic heterocycles. The topological polar surface area (TPSA) is 60.9 Å². The number of aliphatic carboxylic acids is 1. The lowest BCUT2D eigenvalue weighted by Gasteiger charge is -2.35. The molecular weight excluding hydrogens is 288 g/mol. The molecule has 0 bridgehead atoms. The second-order valence-corrected chi connectivity index (χ2v) is 7.83. The summed E-state index contributed by atoms with van der Waals surface area (Å²) >= 11 is 1.93. The molecule has 2 atom stereocenters. The lowest BCUT2D eigenvalue weighted by molar-refractivity contribution is -0.150. The van der Waals surface area contributed by atoms with E-state index in [2.05, 4.69) is 6.92 Å². The molecule has 0 aromatic rings. The number of urea groups is 1. The van der Waals surface area contributed by atoms with Gasteiger partial charge in [0.25, 0.3) is 0 Å². The number of nitrogens with zero attached hydrogens (tertiary/aromatic N) is 2. The minimum atomic E-state index is -0.773. The van der Waals surface area contributed by atoms with Gasteiger partial charge < -0.3 is 14.9 Å². The molecule has 6 heteroatoms. The van der Waals surface area contributed by atoms with Gasteiger partial charge in [0, 0.05) is 37.2 Å². The molecule has 0 aliphatic carbocycles. The Balaban J connectivity index is 2.03. The largest absolute Gasteiger partial charge is 0.481 e. The van der Waals surface area contributed by atoms with E-state index in [9.17, 15) is 14.7 Å². The summed E-state index contributed by atoms with van der Waals surface area (Å²) in [6, 6.07) is 0.0255. The van der Waals surface area contributed by atoms with E-state index in [-0.39, 0.29) is 11.9 Å². The molecule has 2 unspecified atom stereocenters. The Morgan fingerprint density at radius 2 is 2.05 bits per heavy atom. The molecule has 2 rings (SSSR count). The Morgan fingerprint density at radius 3 is 2.57 bits per heavy atom. The zero-order chi connectivity index (χ0) is 15.6. The Morgan fingerprint density at radius 1 is 1.33 bits per heavy atom. The molecule has 0 aromatic heterocycles. The SMILES string of the molecule is CCC1CN(C(=O)N2CCC(C(=O)O)(C(C)C)C2)CCS1. The number of amides is 2. The summed E-state index contributed by atoms with van der Waals surface area (Å²) < 4.78 is 0. The third kappa shape index (κ3) is 3.15. The van der Waals surface area contributed by atoms with Crippen molar-refractivity contribution in [2.45, 2.75) is 38.9 Å². The molecule has 120 valence electrons. The second-order valence-electron chi connectivity index (χ2n) is 6.42. The van der Waals surface area contributed by atoms with Gasteiger partial charge in [0.15, 0.2) is 0 Å². The van der Waals surface area contributed by atoms with Crippen molar-refractivity contribution >= 4 is 23.8 Å². The van der Waals surface area contributed by atoms with Crippen molar-refractivity contribution < 1.29 is 14.7 Å². The van der Waals surface area contributed by atoms with Crippen LogP contribution in [0.3, 0.4) is 0 Å². The second kappa shape index (κ2) is 6.46. The molecular formula is C15H26N2O3S. The smallest absolute Gasteiger partial charge is 0.320 e. The van der Waals surface area contributed by atoms with Gasteiger partial charge in [0.1, 0.15) is 0 Å². The summed E-state index contributed by atoms with van der Waals surface area (Å²) in [5.74, 6) is 0.244. The fourth-order valence-corrected chi connectivity index (χ4v) is 4.41. The molecule has 2 fully saturated rings. The quantitative estimate of drug-likeness (QED) is 0.869. The van der Waals surface area contributed by atoms with Crippen molar-refractivity contribution in [3.05, 3.63) is 0 Å². The molecule has 0 saturated carbocycles. The van der Waals surface area contributed by atoms with E-state index in [0.29, 0.717) is 24.8 Å². The number of hydrogen-bond acceptors (Lipinski definition) is 3. The van der Waals surface area contributed by atoms with Gasteiger partial charge >= 0.3 is 12.0 Å². The van der Waals surface area contributed by atoms with Crippen LogP contribution in [0.1, 0.15) is 33.6 Å². The van der Waals surface area contributed by atoms with Crippen molar-refractivity contribution in [1.82, 2.24) is 9.80 Å². The van der Waals surface area contributed by atoms with Crippen molar-refractivity contribution in [2.75, 3.05) is 31.9 Å². The molecule has 2 heterocycles. The molecule has 5 nitrogen and oxygen atoms in total. The van der Waals surface area contributed by atoms with E-state index in [1.807, 2.05) is 30.5 Å². The molecule has 2 aliphatic rings. The fourth-order valence-electron chi connectivity index (χ4n) is 3.23. The number of likely N-dealkylation sites (tertiary alicyclic amines) is 1. The minimum absolute atomic E-state index is 0.0255. The third-order valence-electron chi connectivity index (χ3n) is 4.97. The van der Waals surface area contributed by atoms with E-state index < -0.39 is 11.4 Å². The highest BCUT2D eigenvalue weighted by Crippen LogP contribution is 2.38. The van der Waals surface area contributed by atoms with E-state index >= 15 is 0 Å². The first-order valence-electron chi connectivity index (χ1n) is 7.79. The molecule has 2 amide bonds. The first kappa shape index (κ1) is 16.5. The first-order valence-corrected chi connectivity index (χ1v) is 8.84. The van der Waals surface area contributed by atoms with Gasteiger partial charge in [-0.3, -0.25) is 4.79 Å². The highest BCUT2D eigenvalue weighted by molar-refractivity contribution is 8.00. The highest BCUT2D eigenvalue weighted by Gasteiger charge is 2.49. The number of carbonyl (C=O) groups excluding carboxylic acids is 1. The van der Waals surface area contributed by atoms with Gasteiger partial charge in [-0.15, -0.1) is 0 Å². The summed E-state index contributed by atoms with van der Waals surface area (Å²) in [5.41, 5.74) is -0.773. The Bertz CT molecular complexity index is 416. The van der Waals surface area contributed by atoms with Gasteiger partial charge in [-0.2, -0.15) is 11.8 Å². The maximum absolute atomic E-state index is 12.6. The minimum Gasteiger partial charge on any atom is -0.481 e. The first-order chi connectivity index (χ1) is 9.90. The van der Waals surface area contributed by atoms with Gasteiger partial charge in [0.05, 0.1) is 5.41 Å². The summed E-state index contributed by atoms with van der Waals surface area (Å²) in [6.45, 7) is 8.49. The fraction of sp³-hybridized carbons (Fsp3) is 0.867. The average molecular weight is 314 g/mol. The monoisotopic (exact) mass is 314 g/mol. The predicted octanol–water partition coefficient (Wildman–Crippen LogP) is 2.37. The number of hydrogen-bond donors (Lipinski definition) is 1. The van der Waals surface area contributed by atoms with E-state index in [1.54, 1.807) is 4.90 Å². The lowest BCUT2D eigenvalue weighted by atomic mass is 9.76. The lowest BCUT2D eigenvalue weighted by Crippen LogP contribution is -2.49. The molecule has 1 N–H and O–H groups in total. The van der Waals surface area contributed by atoms with Crippen LogP contribution in [0.15, 0.2) is 0 Å². The van der Waals surface area contributed by atoms with E-state index in [0.717, 1.165) is 25.3 Å². The molecule has 21 heavy (non-hydrogen) atoms. The maximum atomic E-state index is 12.6. The highest BCUT2D eigenvalue weighted by atomic mass is 32.2. The van der Waals surface area contributed by atoms with Gasteiger partial charge in [-0.25, -0.2) is 4.79 Å². The van der Waals surface area contributed by atoms with Gasteiger partial charge in [0.2, 0.25) is 0 Å². The van der Waals surface area contributed by atoms with E-state index in [4.69, 9.17) is 0 Å². The zero-order valence-electron chi connectivity index (χ0n) is 13.2. The Kier molecular flexibility index (Phi) is 5.07. The zero-order valence-corrected chi connectivity index (χ0v) is 14.0. The molecule has 0 spiro atoms. The van der Waals surface area contributed by atoms with Crippen LogP contribution >= 0.6 is 11.8 Å². The maximum Gasteiger partial charge on any atom is 0.320 e. The predicted molar refractivity (Wildman–Crippen MR) is 84.6 cm³/mol. The summed E-state index contributed by atoms with van der Waals surface area (Å²) in [5, 5.41) is 10.1. The van der Waals surface area contributed by atoms with Crippen LogP contribution in [0.4, 0.5) is 4.79 Å². The van der Waals surface area contributed by atoms with Crippen LogP contribution in [-0.4, -0.2) is 64.1 Å². The van der Waals surface area contributed by atoms with Crippen LogP contribution in [-0.2, 0) is 4.79 Å². The molecule has 0 radical (unpaired) electrons. The van der Waals surface area contributed by atoms with Gasteiger partial charge in [-0.05, 0) is 18.8 Å². The standard InChI is InChI=1S/C15H26N2O3S/c1-4-12-9-16(7-8-21-12)14(20)17-6-5-15(10-17,11(2)3)13(18)19/h11-12H,4-10H2,1-3H3,(H,18,19). The number of carbonyl (C=O) groups is 2. The van der Waals surface area contributed by atoms with E-state index in [1.165, 1.54) is 0 Å². The van der Waals surface area contributed by atoms with Crippen LogP contribution in [0.25, 0.3) is 0 Å². The Hall–Kier alpha value is -0.910. The average Bonchev–Trinajstić information content (AvgIpc) is 2.93. The number of carboxylic acids is 1. The molecule has 0 aromatic carbocycles. The summed E-state index contributed by atoms with van der Waals surface area (Å²) in [4.78, 5) is 27.9. The van der Waals surface area contributed by atoms with Crippen molar-refractivity contribution in [3.63, 3.8) is 0 Å². The van der Waals surface area contributed by atoms with Crippen LogP contribution in [0, 0.1) is 11.3 Å². The van der Waals surface area contributed by atoms with Gasteiger partial charge in [-0.1, -0.05) is 20.8 Å². The normalized spacial score (nSPS) is 30.0. The van der Waals surface area contributed by atoms with Crippen molar-refractivity contribution in [1.29, 1.82) is 0 Å². The van der Waals surface area contributed by atoms with Crippen molar-refractivity contribution in [3.8, 4) is 0 Å². The van der Waals surface area contributed by atoms with Crippen LogP contribution < -0.4 is 0 Å². The van der Waals surface area contributed by atoms with Crippen LogP contribution in [0.5, 0.6) is 0 Å². The number of thioether (sulfide) groups is 1. The Labute approximate surface area is 131 Å². The molecule has 2 saturated heterocycles.